The molecule has 1 aromatic rings. The van der Waals surface area contributed by atoms with Crippen LogP contribution >= 0.6 is 0 Å². The van der Waals surface area contributed by atoms with Gasteiger partial charge >= 0.3 is 6.03 Å². The van der Waals surface area contributed by atoms with E-state index in [1.54, 1.807) is 11.1 Å². The summed E-state index contributed by atoms with van der Waals surface area (Å²) in [5.74, 6) is 1.05. The van der Waals surface area contributed by atoms with Crippen molar-refractivity contribution in [3.8, 4) is 0 Å². The first-order valence-corrected chi connectivity index (χ1v) is 6.95. The van der Waals surface area contributed by atoms with E-state index in [4.69, 9.17) is 4.42 Å². The van der Waals surface area contributed by atoms with E-state index >= 15 is 0 Å². The molecule has 0 aromatic carbocycles. The minimum atomic E-state index is -0.264. The number of hydrogen-bond donors (Lipinski definition) is 0. The maximum Gasteiger partial charge on any atom is 0.327 e. The summed E-state index contributed by atoms with van der Waals surface area (Å²) in [6.07, 6.45) is 3.34. The van der Waals surface area contributed by atoms with Crippen LogP contribution in [0.25, 0.3) is 0 Å². The molecule has 0 spiro atoms. The first kappa shape index (κ1) is 13.1. The summed E-state index contributed by atoms with van der Waals surface area (Å²) in [5, 5.41) is 0. The average molecular weight is 277 g/mol. The Morgan fingerprint density at radius 2 is 2.15 bits per heavy atom. The molecule has 1 aromatic heterocycles. The summed E-state index contributed by atoms with van der Waals surface area (Å²) in [6.45, 7) is 6.88. The van der Waals surface area contributed by atoms with Gasteiger partial charge in [-0.05, 0) is 12.8 Å². The Kier molecular flexibility index (Phi) is 2.84. The molecule has 6 nitrogen and oxygen atoms in total. The third kappa shape index (κ3) is 1.99. The Labute approximate surface area is 117 Å². The Hall–Kier alpha value is -1.85. The van der Waals surface area contributed by atoms with Gasteiger partial charge in [0.2, 0.25) is 5.89 Å². The van der Waals surface area contributed by atoms with Gasteiger partial charge in [-0.25, -0.2) is 9.78 Å². The number of rotatable bonds is 2. The van der Waals surface area contributed by atoms with Gasteiger partial charge in [0.05, 0.1) is 6.20 Å². The van der Waals surface area contributed by atoms with Crippen LogP contribution in [0.2, 0.25) is 0 Å². The molecule has 0 N–H and O–H groups in total. The normalized spacial score (nSPS) is 22.9. The van der Waals surface area contributed by atoms with Crippen molar-refractivity contribution in [2.45, 2.75) is 51.6 Å². The van der Waals surface area contributed by atoms with Gasteiger partial charge in [-0.1, -0.05) is 20.8 Å². The first-order valence-electron chi connectivity index (χ1n) is 6.95. The number of nitrogens with zero attached hydrogens (tertiary/aromatic N) is 3. The Morgan fingerprint density at radius 1 is 1.40 bits per heavy atom. The standard InChI is InChI=1S/C14H19N3O3/c1-14(2,3)10-7-15-11(20-10)8-17-12(18)9-5-4-6-16(9)13(17)19/h7,9H,4-6,8H2,1-3H3/t9-/m1/s1. The molecule has 3 heterocycles. The molecule has 108 valence electrons. The van der Waals surface area contributed by atoms with E-state index in [-0.39, 0.29) is 29.9 Å². The van der Waals surface area contributed by atoms with Crippen molar-refractivity contribution >= 4 is 11.9 Å². The fraction of sp³-hybridized carbons (Fsp3) is 0.643. The van der Waals surface area contributed by atoms with Gasteiger partial charge in [0.25, 0.3) is 5.91 Å². The molecule has 3 rings (SSSR count). The second-order valence-electron chi connectivity index (χ2n) is 6.43. The quantitative estimate of drug-likeness (QED) is 0.774. The first-order chi connectivity index (χ1) is 9.38. The van der Waals surface area contributed by atoms with Crippen LogP contribution in [-0.2, 0) is 16.8 Å². The van der Waals surface area contributed by atoms with E-state index in [0.29, 0.717) is 12.4 Å². The highest BCUT2D eigenvalue weighted by Crippen LogP contribution is 2.29. The van der Waals surface area contributed by atoms with Gasteiger partial charge in [0.1, 0.15) is 18.3 Å². The van der Waals surface area contributed by atoms with Gasteiger partial charge in [-0.3, -0.25) is 9.69 Å². The van der Waals surface area contributed by atoms with E-state index in [1.165, 1.54) is 4.90 Å². The second kappa shape index (κ2) is 4.33. The molecule has 1 atom stereocenters. The summed E-state index contributed by atoms with van der Waals surface area (Å²) >= 11 is 0. The Morgan fingerprint density at radius 3 is 2.75 bits per heavy atom. The molecule has 2 aliphatic heterocycles. The SMILES string of the molecule is CC(C)(C)c1cnc(CN2C(=O)[C@H]3CCCN3C2=O)o1. The molecule has 0 unspecified atom stereocenters. The minimum absolute atomic E-state index is 0.122. The van der Waals surface area contributed by atoms with Gasteiger partial charge in [-0.15, -0.1) is 0 Å². The number of fused-ring (bicyclic) bond motifs is 1. The molecule has 0 saturated carbocycles. The lowest BCUT2D eigenvalue weighted by Crippen LogP contribution is -2.32. The smallest absolute Gasteiger partial charge is 0.327 e. The number of oxazole rings is 1. The van der Waals surface area contributed by atoms with Crippen molar-refractivity contribution in [1.82, 2.24) is 14.8 Å². The van der Waals surface area contributed by atoms with Crippen molar-refractivity contribution in [3.63, 3.8) is 0 Å². The number of hydrogen-bond acceptors (Lipinski definition) is 4. The van der Waals surface area contributed by atoms with Gasteiger partial charge < -0.3 is 9.32 Å². The molecule has 0 radical (unpaired) electrons. The van der Waals surface area contributed by atoms with Gasteiger partial charge in [-0.2, -0.15) is 0 Å². The zero-order valence-electron chi connectivity index (χ0n) is 12.0. The van der Waals surface area contributed by atoms with Crippen molar-refractivity contribution in [3.05, 3.63) is 17.8 Å². The van der Waals surface area contributed by atoms with Crippen LogP contribution in [0.15, 0.2) is 10.6 Å². The van der Waals surface area contributed by atoms with E-state index in [1.807, 2.05) is 20.8 Å². The summed E-state index contributed by atoms with van der Waals surface area (Å²) in [4.78, 5) is 31.4. The van der Waals surface area contributed by atoms with E-state index in [2.05, 4.69) is 4.98 Å². The zero-order valence-corrected chi connectivity index (χ0v) is 12.0. The second-order valence-corrected chi connectivity index (χ2v) is 6.43. The topological polar surface area (TPSA) is 66.7 Å². The lowest BCUT2D eigenvalue weighted by molar-refractivity contribution is -0.128. The van der Waals surface area contributed by atoms with Crippen LogP contribution in [0.4, 0.5) is 4.79 Å². The summed E-state index contributed by atoms with van der Waals surface area (Å²) in [7, 11) is 0. The van der Waals surface area contributed by atoms with E-state index in [9.17, 15) is 9.59 Å². The lowest BCUT2D eigenvalue weighted by Gasteiger charge is -2.15. The molecule has 2 fully saturated rings. The highest BCUT2D eigenvalue weighted by molar-refractivity contribution is 6.04. The third-order valence-corrected chi connectivity index (χ3v) is 3.87. The largest absolute Gasteiger partial charge is 0.443 e. The van der Waals surface area contributed by atoms with Crippen molar-refractivity contribution in [2.24, 2.45) is 0 Å². The minimum Gasteiger partial charge on any atom is -0.443 e. The summed E-state index contributed by atoms with van der Waals surface area (Å²) in [6, 6.07) is -0.479. The van der Waals surface area contributed by atoms with Crippen LogP contribution in [0.1, 0.15) is 45.3 Å². The fourth-order valence-electron chi connectivity index (χ4n) is 2.69. The molecule has 2 saturated heterocycles. The zero-order chi connectivity index (χ0) is 14.5. The van der Waals surface area contributed by atoms with Gasteiger partial charge in [0.15, 0.2) is 0 Å². The number of aromatic nitrogens is 1. The van der Waals surface area contributed by atoms with Crippen LogP contribution < -0.4 is 0 Å². The van der Waals surface area contributed by atoms with E-state index in [0.717, 1.165) is 18.6 Å². The maximum absolute atomic E-state index is 12.2. The predicted octanol–water partition coefficient (Wildman–Crippen LogP) is 1.90. The number of amides is 3. The highest BCUT2D eigenvalue weighted by atomic mass is 16.4. The fourth-order valence-corrected chi connectivity index (χ4v) is 2.69. The number of carbonyl (C=O) groups excluding carboxylic acids is 2. The lowest BCUT2D eigenvalue weighted by atomic mass is 9.94. The number of carbonyl (C=O) groups is 2. The Balaban J connectivity index is 1.77. The molecule has 6 heteroatoms. The van der Waals surface area contributed by atoms with Crippen LogP contribution in [0, 0.1) is 0 Å². The van der Waals surface area contributed by atoms with Crippen LogP contribution in [-0.4, -0.2) is 39.3 Å². The van der Waals surface area contributed by atoms with Crippen LogP contribution in [0.5, 0.6) is 0 Å². The molecule has 2 aliphatic rings. The van der Waals surface area contributed by atoms with Crippen molar-refractivity contribution in [1.29, 1.82) is 0 Å². The van der Waals surface area contributed by atoms with Crippen molar-refractivity contribution < 1.29 is 14.0 Å². The molecule has 0 bridgehead atoms. The van der Waals surface area contributed by atoms with Gasteiger partial charge in [0, 0.05) is 12.0 Å². The monoisotopic (exact) mass is 277 g/mol. The molecule has 3 amide bonds. The highest BCUT2D eigenvalue weighted by Gasteiger charge is 2.47. The molecule has 0 aliphatic carbocycles. The van der Waals surface area contributed by atoms with Crippen molar-refractivity contribution in [2.75, 3.05) is 6.54 Å². The molecule has 20 heavy (non-hydrogen) atoms. The number of imide groups is 1. The van der Waals surface area contributed by atoms with Crippen LogP contribution in [0.3, 0.4) is 0 Å². The predicted molar refractivity (Wildman–Crippen MR) is 70.9 cm³/mol. The summed E-state index contributed by atoms with van der Waals surface area (Å²) in [5.41, 5.74) is -0.135. The summed E-state index contributed by atoms with van der Waals surface area (Å²) < 4.78 is 5.65. The average Bonchev–Trinajstić information content (AvgIpc) is 3.05. The maximum atomic E-state index is 12.2. The molecular formula is C14H19N3O3. The number of urea groups is 1. The van der Waals surface area contributed by atoms with E-state index < -0.39 is 0 Å². The molecular weight excluding hydrogens is 258 g/mol. The third-order valence-electron chi connectivity index (χ3n) is 3.87. The Bertz CT molecular complexity index is 536.